The number of nitrogens with two attached hydrogens (primary N) is 1. The van der Waals surface area contributed by atoms with Crippen LogP contribution in [-0.4, -0.2) is 7.11 Å². The fourth-order valence-electron chi connectivity index (χ4n) is 1.54. The Morgan fingerprint density at radius 1 is 1.05 bits per heavy atom. The third kappa shape index (κ3) is 3.25. The standard InChI is InChI=1S/C14H13Cl2NO2/c1-18-10-4-2-9(3-5-10)8-19-12-7-6-11(15)14(17)13(12)16/h2-7H,8,17H2,1H3. The molecule has 3 nitrogen and oxygen atoms in total. The average Bonchev–Trinajstić information content (AvgIpc) is 2.45. The van der Waals surface area contributed by atoms with Crippen LogP contribution in [0, 0.1) is 0 Å². The molecule has 0 saturated heterocycles. The molecule has 5 heteroatoms. The molecule has 2 aromatic rings. The molecule has 0 aliphatic rings. The zero-order valence-electron chi connectivity index (χ0n) is 10.3. The van der Waals surface area contributed by atoms with Crippen LogP contribution in [0.5, 0.6) is 11.5 Å². The predicted molar refractivity (Wildman–Crippen MR) is 78.2 cm³/mol. The van der Waals surface area contributed by atoms with Crippen molar-refractivity contribution in [2.24, 2.45) is 0 Å². The SMILES string of the molecule is COc1ccc(COc2ccc(Cl)c(N)c2Cl)cc1. The Hall–Kier alpha value is -1.58. The van der Waals surface area contributed by atoms with Gasteiger partial charge in [0.2, 0.25) is 0 Å². The lowest BCUT2D eigenvalue weighted by molar-refractivity contribution is 0.306. The fourth-order valence-corrected chi connectivity index (χ4v) is 1.97. The van der Waals surface area contributed by atoms with E-state index in [2.05, 4.69) is 0 Å². The summed E-state index contributed by atoms with van der Waals surface area (Å²) in [7, 11) is 1.63. The number of nitrogen functional groups attached to an aromatic ring is 1. The number of ether oxygens (including phenoxy) is 2. The third-order valence-corrected chi connectivity index (χ3v) is 3.36. The van der Waals surface area contributed by atoms with Crippen molar-refractivity contribution in [3.8, 4) is 11.5 Å². The second-order valence-electron chi connectivity index (χ2n) is 3.91. The number of rotatable bonds is 4. The second-order valence-corrected chi connectivity index (χ2v) is 4.70. The lowest BCUT2D eigenvalue weighted by atomic mass is 10.2. The molecule has 0 unspecified atom stereocenters. The molecule has 0 heterocycles. The normalized spacial score (nSPS) is 10.3. The molecule has 0 fully saturated rings. The highest BCUT2D eigenvalue weighted by atomic mass is 35.5. The van der Waals surface area contributed by atoms with Gasteiger partial charge in [0.15, 0.2) is 0 Å². The van der Waals surface area contributed by atoms with E-state index in [1.54, 1.807) is 19.2 Å². The molecule has 2 rings (SSSR count). The minimum Gasteiger partial charge on any atom is -0.497 e. The number of methoxy groups -OCH3 is 1. The zero-order chi connectivity index (χ0) is 13.8. The first-order valence-electron chi connectivity index (χ1n) is 5.61. The predicted octanol–water partition coefficient (Wildman–Crippen LogP) is 4.16. The number of halogens is 2. The molecule has 0 bridgehead atoms. The van der Waals surface area contributed by atoms with Crippen molar-refractivity contribution >= 4 is 28.9 Å². The lowest BCUT2D eigenvalue weighted by Gasteiger charge is -2.10. The van der Waals surface area contributed by atoms with Crippen LogP contribution >= 0.6 is 23.2 Å². The quantitative estimate of drug-likeness (QED) is 0.862. The fraction of sp³-hybridized carbons (Fsp3) is 0.143. The summed E-state index contributed by atoms with van der Waals surface area (Å²) < 4.78 is 10.7. The number of anilines is 1. The van der Waals surface area contributed by atoms with E-state index in [-0.39, 0.29) is 0 Å². The maximum atomic E-state index is 6.06. The van der Waals surface area contributed by atoms with Crippen molar-refractivity contribution in [2.45, 2.75) is 6.61 Å². The summed E-state index contributed by atoms with van der Waals surface area (Å²) in [6, 6.07) is 10.9. The van der Waals surface area contributed by atoms with Crippen molar-refractivity contribution in [3.63, 3.8) is 0 Å². The van der Waals surface area contributed by atoms with E-state index in [0.29, 0.717) is 28.1 Å². The Kier molecular flexibility index (Phi) is 4.40. The number of hydrogen-bond donors (Lipinski definition) is 1. The summed E-state index contributed by atoms with van der Waals surface area (Å²) in [5, 5.41) is 0.753. The number of hydrogen-bond acceptors (Lipinski definition) is 3. The molecule has 0 saturated carbocycles. The molecule has 100 valence electrons. The maximum Gasteiger partial charge on any atom is 0.140 e. The van der Waals surface area contributed by atoms with E-state index in [1.807, 2.05) is 24.3 Å². The molecule has 0 atom stereocenters. The van der Waals surface area contributed by atoms with Crippen LogP contribution in [0.25, 0.3) is 0 Å². The Morgan fingerprint density at radius 2 is 1.74 bits per heavy atom. The molecule has 0 aromatic heterocycles. The molecular weight excluding hydrogens is 285 g/mol. The van der Waals surface area contributed by atoms with Crippen LogP contribution in [-0.2, 0) is 6.61 Å². The monoisotopic (exact) mass is 297 g/mol. The zero-order valence-corrected chi connectivity index (χ0v) is 11.8. The molecule has 0 spiro atoms. The summed E-state index contributed by atoms with van der Waals surface area (Å²) in [6.45, 7) is 0.394. The van der Waals surface area contributed by atoms with Crippen LogP contribution in [0.2, 0.25) is 10.0 Å². The molecule has 0 amide bonds. The first-order valence-corrected chi connectivity index (χ1v) is 6.36. The van der Waals surface area contributed by atoms with Gasteiger partial charge in [0.1, 0.15) is 23.1 Å². The van der Waals surface area contributed by atoms with Crippen molar-refractivity contribution in [1.82, 2.24) is 0 Å². The van der Waals surface area contributed by atoms with Gasteiger partial charge in [-0.3, -0.25) is 0 Å². The summed E-state index contributed by atoms with van der Waals surface area (Å²) in [4.78, 5) is 0. The van der Waals surface area contributed by atoms with Gasteiger partial charge in [-0.05, 0) is 29.8 Å². The Morgan fingerprint density at radius 3 is 2.37 bits per heavy atom. The molecule has 19 heavy (non-hydrogen) atoms. The molecular formula is C14H13Cl2NO2. The largest absolute Gasteiger partial charge is 0.497 e. The van der Waals surface area contributed by atoms with Gasteiger partial charge < -0.3 is 15.2 Å². The van der Waals surface area contributed by atoms with Gasteiger partial charge in [0.05, 0.1) is 17.8 Å². The van der Waals surface area contributed by atoms with Crippen LogP contribution < -0.4 is 15.2 Å². The summed E-state index contributed by atoms with van der Waals surface area (Å²) in [6.07, 6.45) is 0. The summed E-state index contributed by atoms with van der Waals surface area (Å²) in [5.41, 5.74) is 7.06. The van der Waals surface area contributed by atoms with E-state index >= 15 is 0 Å². The first-order chi connectivity index (χ1) is 9.11. The van der Waals surface area contributed by atoms with Gasteiger partial charge in [-0.1, -0.05) is 35.3 Å². The summed E-state index contributed by atoms with van der Waals surface area (Å²) in [5.74, 6) is 1.32. The van der Waals surface area contributed by atoms with E-state index < -0.39 is 0 Å². The Labute approximate surface area is 121 Å². The van der Waals surface area contributed by atoms with Crippen LogP contribution in [0.3, 0.4) is 0 Å². The van der Waals surface area contributed by atoms with Gasteiger partial charge in [-0.2, -0.15) is 0 Å². The molecule has 2 aromatic carbocycles. The molecule has 0 radical (unpaired) electrons. The van der Waals surface area contributed by atoms with E-state index in [0.717, 1.165) is 11.3 Å². The van der Waals surface area contributed by atoms with Crippen molar-refractivity contribution < 1.29 is 9.47 Å². The molecule has 0 aliphatic heterocycles. The maximum absolute atomic E-state index is 6.06. The van der Waals surface area contributed by atoms with Crippen molar-refractivity contribution in [2.75, 3.05) is 12.8 Å². The first kappa shape index (κ1) is 13.8. The smallest absolute Gasteiger partial charge is 0.140 e. The van der Waals surface area contributed by atoms with E-state index in [9.17, 15) is 0 Å². The van der Waals surface area contributed by atoms with Crippen molar-refractivity contribution in [1.29, 1.82) is 0 Å². The van der Waals surface area contributed by atoms with Gasteiger partial charge in [0.25, 0.3) is 0 Å². The Bertz CT molecular complexity index is 570. The minimum absolute atomic E-state index is 0.329. The number of benzene rings is 2. The van der Waals surface area contributed by atoms with Gasteiger partial charge >= 0.3 is 0 Å². The van der Waals surface area contributed by atoms with Crippen LogP contribution in [0.1, 0.15) is 5.56 Å². The molecule has 0 aliphatic carbocycles. The lowest BCUT2D eigenvalue weighted by Crippen LogP contribution is -1.98. The van der Waals surface area contributed by atoms with Gasteiger partial charge in [0, 0.05) is 0 Å². The highest BCUT2D eigenvalue weighted by molar-refractivity contribution is 6.39. The second kappa shape index (κ2) is 6.04. The van der Waals surface area contributed by atoms with Gasteiger partial charge in [-0.15, -0.1) is 0 Å². The average molecular weight is 298 g/mol. The topological polar surface area (TPSA) is 44.5 Å². The highest BCUT2D eigenvalue weighted by Gasteiger charge is 2.08. The van der Waals surface area contributed by atoms with E-state index in [1.165, 1.54) is 0 Å². The van der Waals surface area contributed by atoms with Crippen LogP contribution in [0.15, 0.2) is 36.4 Å². The highest BCUT2D eigenvalue weighted by Crippen LogP contribution is 2.35. The van der Waals surface area contributed by atoms with E-state index in [4.69, 9.17) is 38.4 Å². The summed E-state index contributed by atoms with van der Waals surface area (Å²) >= 11 is 11.9. The van der Waals surface area contributed by atoms with Crippen LogP contribution in [0.4, 0.5) is 5.69 Å². The Balaban J connectivity index is 2.08. The van der Waals surface area contributed by atoms with Gasteiger partial charge in [-0.25, -0.2) is 0 Å². The minimum atomic E-state index is 0.329. The van der Waals surface area contributed by atoms with Crippen molar-refractivity contribution in [3.05, 3.63) is 52.0 Å². The third-order valence-electron chi connectivity index (χ3n) is 2.64. The molecule has 2 N–H and O–H groups in total.